The molecule has 16 heavy (non-hydrogen) atoms. The molecule has 1 aromatic rings. The summed E-state index contributed by atoms with van der Waals surface area (Å²) in [4.78, 5) is 0. The summed E-state index contributed by atoms with van der Waals surface area (Å²) in [7, 11) is 0. The zero-order chi connectivity index (χ0) is 11.4. The van der Waals surface area contributed by atoms with Crippen molar-refractivity contribution >= 4 is 11.6 Å². The van der Waals surface area contributed by atoms with Gasteiger partial charge >= 0.3 is 0 Å². The first-order valence-electron chi connectivity index (χ1n) is 5.64. The first kappa shape index (κ1) is 11.5. The summed E-state index contributed by atoms with van der Waals surface area (Å²) in [5, 5.41) is 13.7. The number of phenols is 1. The summed E-state index contributed by atoms with van der Waals surface area (Å²) in [5.41, 5.74) is 0.781. The second-order valence-corrected chi connectivity index (χ2v) is 4.49. The molecule has 0 heterocycles. The van der Waals surface area contributed by atoms with Crippen molar-refractivity contribution in [1.82, 2.24) is 5.32 Å². The van der Waals surface area contributed by atoms with Gasteiger partial charge in [0.25, 0.3) is 0 Å². The molecule has 0 amide bonds. The molecule has 1 aliphatic rings. The van der Waals surface area contributed by atoms with E-state index in [0.29, 0.717) is 17.6 Å². The highest BCUT2D eigenvalue weighted by molar-refractivity contribution is 6.31. The maximum Gasteiger partial charge on any atom is 0.121 e. The summed E-state index contributed by atoms with van der Waals surface area (Å²) >= 11 is 6.03. The predicted molar refractivity (Wildman–Crippen MR) is 66.7 cm³/mol. The molecule has 1 atom stereocenters. The highest BCUT2D eigenvalue weighted by Crippen LogP contribution is 2.25. The lowest BCUT2D eigenvalue weighted by Crippen LogP contribution is -2.27. The molecule has 2 N–H and O–H groups in total. The Hall–Kier alpha value is -0.990. The van der Waals surface area contributed by atoms with Gasteiger partial charge in [-0.1, -0.05) is 29.8 Å². The second-order valence-electron chi connectivity index (χ2n) is 4.08. The maximum atomic E-state index is 9.68. The Balaban J connectivity index is 1.98. The quantitative estimate of drug-likeness (QED) is 0.791. The Morgan fingerprint density at radius 2 is 2.31 bits per heavy atom. The van der Waals surface area contributed by atoms with E-state index in [4.69, 9.17) is 11.6 Å². The van der Waals surface area contributed by atoms with Crippen LogP contribution in [0.3, 0.4) is 0 Å². The third kappa shape index (κ3) is 2.77. The molecule has 2 nitrogen and oxygen atoms in total. The minimum absolute atomic E-state index is 0.264. The van der Waals surface area contributed by atoms with E-state index in [1.54, 1.807) is 18.2 Å². The van der Waals surface area contributed by atoms with Gasteiger partial charge in [-0.2, -0.15) is 0 Å². The number of hydrogen-bond donors (Lipinski definition) is 2. The Kier molecular flexibility index (Phi) is 3.86. The number of halogens is 1. The Bertz CT molecular complexity index is 369. The highest BCUT2D eigenvalue weighted by atomic mass is 35.5. The number of phenolic OH excluding ortho intramolecular Hbond substituents is 1. The highest BCUT2D eigenvalue weighted by Gasteiger charge is 2.10. The van der Waals surface area contributed by atoms with Gasteiger partial charge in [0.05, 0.1) is 0 Å². The standard InChI is InChI=1S/C13H16ClNO/c14-12-7-4-8-13(16)11(12)9-15-10-5-2-1-3-6-10/h2,4-5,7-8,10,15-16H,1,3,6,9H2. The van der Waals surface area contributed by atoms with Gasteiger partial charge in [-0.05, 0) is 31.4 Å². The van der Waals surface area contributed by atoms with Crippen molar-refractivity contribution in [3.05, 3.63) is 40.9 Å². The van der Waals surface area contributed by atoms with Crippen molar-refractivity contribution in [2.45, 2.75) is 31.8 Å². The summed E-state index contributed by atoms with van der Waals surface area (Å²) < 4.78 is 0. The second kappa shape index (κ2) is 5.37. The molecule has 1 unspecified atom stereocenters. The Labute approximate surface area is 101 Å². The molecule has 1 aliphatic carbocycles. The van der Waals surface area contributed by atoms with Crippen LogP contribution < -0.4 is 5.32 Å². The zero-order valence-corrected chi connectivity index (χ0v) is 9.87. The van der Waals surface area contributed by atoms with E-state index in [2.05, 4.69) is 17.5 Å². The molecule has 0 spiro atoms. The van der Waals surface area contributed by atoms with Crippen LogP contribution in [0.25, 0.3) is 0 Å². The third-order valence-electron chi connectivity index (χ3n) is 2.89. The minimum Gasteiger partial charge on any atom is -0.508 e. The molecule has 0 saturated carbocycles. The van der Waals surface area contributed by atoms with Crippen molar-refractivity contribution < 1.29 is 5.11 Å². The van der Waals surface area contributed by atoms with Gasteiger partial charge in [0, 0.05) is 23.2 Å². The molecule has 2 rings (SSSR count). The monoisotopic (exact) mass is 237 g/mol. The molecule has 0 radical (unpaired) electrons. The summed E-state index contributed by atoms with van der Waals surface area (Å²) in [6.07, 6.45) is 7.95. The molecule has 0 aromatic heterocycles. The van der Waals surface area contributed by atoms with Crippen molar-refractivity contribution in [1.29, 1.82) is 0 Å². The fraction of sp³-hybridized carbons (Fsp3) is 0.385. The normalized spacial score (nSPS) is 19.9. The first-order chi connectivity index (χ1) is 7.77. The lowest BCUT2D eigenvalue weighted by molar-refractivity contribution is 0.457. The molecule has 0 bridgehead atoms. The van der Waals surface area contributed by atoms with E-state index >= 15 is 0 Å². The third-order valence-corrected chi connectivity index (χ3v) is 3.24. The van der Waals surface area contributed by atoms with Crippen LogP contribution in [0.15, 0.2) is 30.4 Å². The van der Waals surface area contributed by atoms with Gasteiger partial charge in [0.1, 0.15) is 5.75 Å². The lowest BCUT2D eigenvalue weighted by atomic mass is 10.0. The van der Waals surface area contributed by atoms with Crippen LogP contribution in [0.5, 0.6) is 5.75 Å². The summed E-state index contributed by atoms with van der Waals surface area (Å²) in [6, 6.07) is 5.63. The van der Waals surface area contributed by atoms with Crippen molar-refractivity contribution in [2.24, 2.45) is 0 Å². The summed E-state index contributed by atoms with van der Waals surface area (Å²) in [6.45, 7) is 0.612. The fourth-order valence-corrected chi connectivity index (χ4v) is 2.17. The van der Waals surface area contributed by atoms with Gasteiger partial charge in [0.2, 0.25) is 0 Å². The van der Waals surface area contributed by atoms with E-state index in [0.717, 1.165) is 12.0 Å². The SMILES string of the molecule is Oc1cccc(Cl)c1CNC1C=CCCC1. The van der Waals surface area contributed by atoms with E-state index in [-0.39, 0.29) is 5.75 Å². The molecule has 3 heteroatoms. The van der Waals surface area contributed by atoms with Crippen molar-refractivity contribution in [3.63, 3.8) is 0 Å². The van der Waals surface area contributed by atoms with Gasteiger partial charge in [0.15, 0.2) is 0 Å². The molecular formula is C13H16ClNO. The van der Waals surface area contributed by atoms with Crippen LogP contribution in [0.2, 0.25) is 5.02 Å². The predicted octanol–water partition coefficient (Wildman–Crippen LogP) is 3.24. The van der Waals surface area contributed by atoms with Crippen LogP contribution in [0.1, 0.15) is 24.8 Å². The number of nitrogens with one attached hydrogen (secondary N) is 1. The van der Waals surface area contributed by atoms with E-state index in [1.807, 2.05) is 0 Å². The molecule has 0 fully saturated rings. The lowest BCUT2D eigenvalue weighted by Gasteiger charge is -2.18. The van der Waals surface area contributed by atoms with Crippen LogP contribution in [0, 0.1) is 0 Å². The summed E-state index contributed by atoms with van der Waals surface area (Å²) in [5.74, 6) is 0.264. The molecule has 0 aliphatic heterocycles. The van der Waals surface area contributed by atoms with E-state index < -0.39 is 0 Å². The number of aromatic hydroxyl groups is 1. The smallest absolute Gasteiger partial charge is 0.121 e. The van der Waals surface area contributed by atoms with Gasteiger partial charge in [-0.25, -0.2) is 0 Å². The van der Waals surface area contributed by atoms with E-state index in [1.165, 1.54) is 12.8 Å². The van der Waals surface area contributed by atoms with Gasteiger partial charge in [-0.3, -0.25) is 0 Å². The molecular weight excluding hydrogens is 222 g/mol. The Morgan fingerprint density at radius 3 is 3.00 bits per heavy atom. The number of hydrogen-bond acceptors (Lipinski definition) is 2. The van der Waals surface area contributed by atoms with Crippen LogP contribution in [-0.4, -0.2) is 11.1 Å². The van der Waals surface area contributed by atoms with Crippen LogP contribution in [-0.2, 0) is 6.54 Å². The van der Waals surface area contributed by atoms with Crippen LogP contribution >= 0.6 is 11.6 Å². The molecule has 1 aromatic carbocycles. The van der Waals surface area contributed by atoms with Crippen molar-refractivity contribution in [2.75, 3.05) is 0 Å². The first-order valence-corrected chi connectivity index (χ1v) is 6.01. The number of rotatable bonds is 3. The van der Waals surface area contributed by atoms with Gasteiger partial charge < -0.3 is 10.4 Å². The van der Waals surface area contributed by atoms with Crippen molar-refractivity contribution in [3.8, 4) is 5.75 Å². The maximum absolute atomic E-state index is 9.68. The zero-order valence-electron chi connectivity index (χ0n) is 9.12. The largest absolute Gasteiger partial charge is 0.508 e. The average molecular weight is 238 g/mol. The van der Waals surface area contributed by atoms with Gasteiger partial charge in [-0.15, -0.1) is 0 Å². The van der Waals surface area contributed by atoms with E-state index in [9.17, 15) is 5.11 Å². The fourth-order valence-electron chi connectivity index (χ4n) is 1.94. The molecule has 86 valence electrons. The minimum atomic E-state index is 0.264. The number of benzene rings is 1. The molecule has 0 saturated heterocycles. The topological polar surface area (TPSA) is 32.3 Å². The van der Waals surface area contributed by atoms with Crippen LogP contribution in [0.4, 0.5) is 0 Å². The average Bonchev–Trinajstić information content (AvgIpc) is 2.30. The number of allylic oxidation sites excluding steroid dienone is 1. The Morgan fingerprint density at radius 1 is 1.44 bits per heavy atom.